The third kappa shape index (κ3) is 2.74. The first-order valence-electron chi connectivity index (χ1n) is 6.79. The predicted molar refractivity (Wildman–Crippen MR) is 80.9 cm³/mol. The second-order valence-corrected chi connectivity index (χ2v) is 5.07. The Bertz CT molecular complexity index is 830. The Morgan fingerprint density at radius 1 is 1.00 bits per heavy atom. The lowest BCUT2D eigenvalue weighted by Crippen LogP contribution is -1.97. The van der Waals surface area contributed by atoms with Gasteiger partial charge in [-0.15, -0.1) is 0 Å². The van der Waals surface area contributed by atoms with Crippen LogP contribution in [0.4, 0.5) is 0 Å². The fourth-order valence-corrected chi connectivity index (χ4v) is 2.40. The number of fused-ring (bicyclic) bond motifs is 1. The van der Waals surface area contributed by atoms with Gasteiger partial charge in [-0.25, -0.2) is 0 Å². The van der Waals surface area contributed by atoms with Crippen molar-refractivity contribution in [3.05, 3.63) is 48.0 Å². The van der Waals surface area contributed by atoms with E-state index in [9.17, 15) is 15.0 Å². The molecule has 0 aliphatic carbocycles. The molecular formula is C17H14O5. The van der Waals surface area contributed by atoms with Crippen molar-refractivity contribution in [3.63, 3.8) is 0 Å². The monoisotopic (exact) mass is 298 g/mol. The Kier molecular flexibility index (Phi) is 3.47. The van der Waals surface area contributed by atoms with Gasteiger partial charge in [0, 0.05) is 17.4 Å². The van der Waals surface area contributed by atoms with Crippen molar-refractivity contribution in [1.29, 1.82) is 0 Å². The first-order valence-corrected chi connectivity index (χ1v) is 6.79. The normalized spacial score (nSPS) is 10.9. The highest BCUT2D eigenvalue weighted by Gasteiger charge is 2.13. The van der Waals surface area contributed by atoms with Crippen molar-refractivity contribution in [2.24, 2.45) is 0 Å². The molecule has 3 N–H and O–H groups in total. The van der Waals surface area contributed by atoms with Crippen LogP contribution in [0.1, 0.15) is 12.0 Å². The Hall–Kier alpha value is -2.95. The molecule has 0 aliphatic rings. The topological polar surface area (TPSA) is 90.9 Å². The van der Waals surface area contributed by atoms with Crippen molar-refractivity contribution in [1.82, 2.24) is 0 Å². The van der Waals surface area contributed by atoms with E-state index in [0.717, 1.165) is 5.56 Å². The Morgan fingerprint density at radius 3 is 2.41 bits per heavy atom. The highest BCUT2D eigenvalue weighted by molar-refractivity contribution is 5.87. The molecule has 0 bridgehead atoms. The molecule has 2 aromatic carbocycles. The Morgan fingerprint density at radius 2 is 1.73 bits per heavy atom. The van der Waals surface area contributed by atoms with Gasteiger partial charge in [0.05, 0.1) is 0 Å². The molecule has 0 atom stereocenters. The van der Waals surface area contributed by atoms with E-state index in [0.29, 0.717) is 22.3 Å². The zero-order valence-corrected chi connectivity index (χ0v) is 11.6. The molecule has 0 unspecified atom stereocenters. The van der Waals surface area contributed by atoms with Gasteiger partial charge in [0.25, 0.3) is 0 Å². The van der Waals surface area contributed by atoms with Gasteiger partial charge in [0.2, 0.25) is 0 Å². The third-order valence-electron chi connectivity index (χ3n) is 3.44. The molecule has 0 radical (unpaired) electrons. The minimum Gasteiger partial charge on any atom is -0.508 e. The van der Waals surface area contributed by atoms with Crippen molar-refractivity contribution >= 4 is 16.9 Å². The number of rotatable bonds is 4. The van der Waals surface area contributed by atoms with E-state index in [2.05, 4.69) is 0 Å². The summed E-state index contributed by atoms with van der Waals surface area (Å²) in [4.78, 5) is 10.7. The van der Waals surface area contributed by atoms with Gasteiger partial charge in [-0.2, -0.15) is 0 Å². The summed E-state index contributed by atoms with van der Waals surface area (Å²) < 4.78 is 5.83. The smallest absolute Gasteiger partial charge is 0.303 e. The molecular weight excluding hydrogens is 284 g/mol. The fraction of sp³-hybridized carbons (Fsp3) is 0.118. The molecule has 5 nitrogen and oxygen atoms in total. The number of furan rings is 1. The number of carboxylic acids is 1. The lowest BCUT2D eigenvalue weighted by Gasteiger charge is -2.02. The summed E-state index contributed by atoms with van der Waals surface area (Å²) >= 11 is 0. The zero-order valence-electron chi connectivity index (χ0n) is 11.6. The molecule has 1 aromatic heterocycles. The molecule has 3 aromatic rings. The van der Waals surface area contributed by atoms with Gasteiger partial charge in [-0.05, 0) is 54.4 Å². The minimum atomic E-state index is -0.901. The van der Waals surface area contributed by atoms with Crippen LogP contribution in [-0.2, 0) is 11.2 Å². The summed E-state index contributed by atoms with van der Waals surface area (Å²) in [6, 6.07) is 11.5. The number of carboxylic acid groups (broad SMARTS) is 1. The number of phenols is 2. The molecule has 3 rings (SSSR count). The summed E-state index contributed by atoms with van der Waals surface area (Å²) in [7, 11) is 0. The number of phenolic OH excluding ortho intramolecular Hbond substituents is 2. The van der Waals surface area contributed by atoms with Crippen LogP contribution < -0.4 is 0 Å². The minimum absolute atomic E-state index is 0.0339. The SMILES string of the molecule is O=C(O)CCc1cc(O)cc2cc(-c3ccc(O)cc3)oc12. The van der Waals surface area contributed by atoms with E-state index in [-0.39, 0.29) is 24.3 Å². The Labute approximate surface area is 126 Å². The maximum absolute atomic E-state index is 10.7. The molecule has 22 heavy (non-hydrogen) atoms. The van der Waals surface area contributed by atoms with Crippen LogP contribution >= 0.6 is 0 Å². The molecule has 0 fully saturated rings. The summed E-state index contributed by atoms with van der Waals surface area (Å²) in [5.41, 5.74) is 2.02. The lowest BCUT2D eigenvalue weighted by atomic mass is 10.1. The summed E-state index contributed by atoms with van der Waals surface area (Å²) in [6.07, 6.45) is 0.247. The van der Waals surface area contributed by atoms with Crippen molar-refractivity contribution in [2.45, 2.75) is 12.8 Å². The number of hydrogen-bond donors (Lipinski definition) is 3. The highest BCUT2D eigenvalue weighted by Crippen LogP contribution is 2.33. The number of benzene rings is 2. The molecule has 0 amide bonds. The van der Waals surface area contributed by atoms with E-state index in [1.807, 2.05) is 0 Å². The van der Waals surface area contributed by atoms with Crippen LogP contribution in [0.15, 0.2) is 46.9 Å². The van der Waals surface area contributed by atoms with E-state index < -0.39 is 5.97 Å². The van der Waals surface area contributed by atoms with Gasteiger partial charge in [-0.3, -0.25) is 4.79 Å². The maximum Gasteiger partial charge on any atom is 0.303 e. The molecule has 0 aliphatic heterocycles. The molecule has 1 heterocycles. The average Bonchev–Trinajstić information content (AvgIpc) is 2.89. The maximum atomic E-state index is 10.7. The lowest BCUT2D eigenvalue weighted by molar-refractivity contribution is -0.136. The van der Waals surface area contributed by atoms with Crippen molar-refractivity contribution in [3.8, 4) is 22.8 Å². The second-order valence-electron chi connectivity index (χ2n) is 5.07. The third-order valence-corrected chi connectivity index (χ3v) is 3.44. The number of aryl methyl sites for hydroxylation is 1. The van der Waals surface area contributed by atoms with Gasteiger partial charge >= 0.3 is 5.97 Å². The number of hydrogen-bond acceptors (Lipinski definition) is 4. The largest absolute Gasteiger partial charge is 0.508 e. The molecule has 0 saturated carbocycles. The number of aromatic hydroxyl groups is 2. The van der Waals surface area contributed by atoms with Crippen LogP contribution in [0.25, 0.3) is 22.3 Å². The van der Waals surface area contributed by atoms with E-state index >= 15 is 0 Å². The molecule has 5 heteroatoms. The van der Waals surface area contributed by atoms with Crippen LogP contribution in [0, 0.1) is 0 Å². The zero-order chi connectivity index (χ0) is 15.7. The van der Waals surface area contributed by atoms with Crippen molar-refractivity contribution in [2.75, 3.05) is 0 Å². The molecule has 112 valence electrons. The molecule has 0 saturated heterocycles. The van der Waals surface area contributed by atoms with Crippen LogP contribution in [-0.4, -0.2) is 21.3 Å². The van der Waals surface area contributed by atoms with E-state index in [1.54, 1.807) is 36.4 Å². The number of aliphatic carboxylic acids is 1. The predicted octanol–water partition coefficient (Wildman–Crippen LogP) is 3.53. The van der Waals surface area contributed by atoms with Crippen molar-refractivity contribution < 1.29 is 24.5 Å². The standard InChI is InChI=1S/C17H14O5/c18-13-4-1-10(2-5-13)15-9-12-8-14(19)7-11(17(12)22-15)3-6-16(20)21/h1-2,4-5,7-9,18-19H,3,6H2,(H,20,21). The first kappa shape index (κ1) is 14.0. The first-order chi connectivity index (χ1) is 10.5. The van der Waals surface area contributed by atoms with E-state index in [4.69, 9.17) is 9.52 Å². The highest BCUT2D eigenvalue weighted by atomic mass is 16.4. The number of carbonyl (C=O) groups is 1. The molecule has 0 spiro atoms. The van der Waals surface area contributed by atoms with Crippen LogP contribution in [0.3, 0.4) is 0 Å². The Balaban J connectivity index is 2.06. The van der Waals surface area contributed by atoms with Crippen LogP contribution in [0.2, 0.25) is 0 Å². The fourth-order valence-electron chi connectivity index (χ4n) is 2.40. The van der Waals surface area contributed by atoms with Gasteiger partial charge < -0.3 is 19.7 Å². The quantitative estimate of drug-likeness (QED) is 0.685. The summed E-state index contributed by atoms with van der Waals surface area (Å²) in [5, 5.41) is 28.6. The van der Waals surface area contributed by atoms with E-state index in [1.165, 1.54) is 6.07 Å². The average molecular weight is 298 g/mol. The van der Waals surface area contributed by atoms with Gasteiger partial charge in [-0.1, -0.05) is 0 Å². The summed E-state index contributed by atoms with van der Waals surface area (Å²) in [6.45, 7) is 0. The van der Waals surface area contributed by atoms with Gasteiger partial charge in [0.1, 0.15) is 22.8 Å². The second kappa shape index (κ2) is 5.44. The van der Waals surface area contributed by atoms with Gasteiger partial charge in [0.15, 0.2) is 0 Å². The van der Waals surface area contributed by atoms with Crippen LogP contribution in [0.5, 0.6) is 11.5 Å². The summed E-state index contributed by atoms with van der Waals surface area (Å²) in [5.74, 6) is -0.0652.